The van der Waals surface area contributed by atoms with Crippen LogP contribution in [-0.4, -0.2) is 28.4 Å². The van der Waals surface area contributed by atoms with E-state index < -0.39 is 5.97 Å². The van der Waals surface area contributed by atoms with Gasteiger partial charge in [-0.1, -0.05) is 34.1 Å². The first-order valence-corrected chi connectivity index (χ1v) is 7.21. The fourth-order valence-corrected chi connectivity index (χ4v) is 3.45. The van der Waals surface area contributed by atoms with E-state index in [0.717, 1.165) is 24.8 Å². The lowest BCUT2D eigenvalue weighted by Crippen LogP contribution is -2.40. The number of amides is 1. The van der Waals surface area contributed by atoms with Crippen molar-refractivity contribution in [2.24, 2.45) is 0 Å². The summed E-state index contributed by atoms with van der Waals surface area (Å²) in [7, 11) is 0. The highest BCUT2D eigenvalue weighted by Crippen LogP contribution is 2.37. The van der Waals surface area contributed by atoms with Crippen LogP contribution in [0.3, 0.4) is 0 Å². The molecule has 1 aromatic rings. The van der Waals surface area contributed by atoms with Gasteiger partial charge in [0.1, 0.15) is 0 Å². The molecule has 2 N–H and O–H groups in total. The molecule has 1 aliphatic rings. The van der Waals surface area contributed by atoms with Crippen molar-refractivity contribution >= 4 is 28.3 Å². The summed E-state index contributed by atoms with van der Waals surface area (Å²) in [5.41, 5.74) is 1.15. The maximum Gasteiger partial charge on any atom is 0.335 e. The average Bonchev–Trinajstić information content (AvgIpc) is 2.39. The van der Waals surface area contributed by atoms with Crippen molar-refractivity contribution in [3.05, 3.63) is 35.4 Å². The molecule has 102 valence electrons. The summed E-state index contributed by atoms with van der Waals surface area (Å²) < 4.78 is 0. The zero-order valence-corrected chi connectivity index (χ0v) is 12.0. The van der Waals surface area contributed by atoms with Crippen molar-refractivity contribution in [3.63, 3.8) is 0 Å². The fourth-order valence-electron chi connectivity index (χ4n) is 2.78. The second-order valence-electron chi connectivity index (χ2n) is 4.80. The van der Waals surface area contributed by atoms with Gasteiger partial charge in [0, 0.05) is 16.8 Å². The molecular weight excluding hydrogens is 310 g/mol. The molecule has 0 aromatic heterocycles. The van der Waals surface area contributed by atoms with Gasteiger partial charge in [-0.15, -0.1) is 0 Å². The largest absolute Gasteiger partial charge is 0.478 e. The van der Waals surface area contributed by atoms with Gasteiger partial charge >= 0.3 is 5.97 Å². The number of carbonyl (C=O) groups is 2. The normalized spacial score (nSPS) is 26.7. The molecule has 0 radical (unpaired) electrons. The average molecular weight is 326 g/mol. The molecule has 19 heavy (non-hydrogen) atoms. The minimum absolute atomic E-state index is 0.0175. The number of alkyl halides is 1. The van der Waals surface area contributed by atoms with Crippen LogP contribution in [0, 0.1) is 0 Å². The summed E-state index contributed by atoms with van der Waals surface area (Å²) in [5.74, 6) is -0.854. The predicted molar refractivity (Wildman–Crippen MR) is 75.7 cm³/mol. The summed E-state index contributed by atoms with van der Waals surface area (Å²) in [4.78, 5) is 22.4. The highest BCUT2D eigenvalue weighted by Gasteiger charge is 2.32. The maximum absolute atomic E-state index is 11.3. The molecule has 4 nitrogen and oxygen atoms in total. The van der Waals surface area contributed by atoms with Crippen molar-refractivity contribution < 1.29 is 14.7 Å². The molecule has 1 aliphatic carbocycles. The molecular formula is C14H16BrNO3. The Morgan fingerprint density at radius 1 is 1.37 bits per heavy atom. The van der Waals surface area contributed by atoms with E-state index in [2.05, 4.69) is 21.2 Å². The van der Waals surface area contributed by atoms with Gasteiger partial charge in [0.2, 0.25) is 6.41 Å². The number of carboxylic acid groups (broad SMARTS) is 1. The Morgan fingerprint density at radius 3 is 2.79 bits per heavy atom. The molecule has 0 bridgehead atoms. The Hall–Kier alpha value is -1.36. The molecule has 1 amide bonds. The smallest absolute Gasteiger partial charge is 0.335 e. The van der Waals surface area contributed by atoms with E-state index in [0.29, 0.717) is 16.8 Å². The van der Waals surface area contributed by atoms with Crippen molar-refractivity contribution in [1.82, 2.24) is 5.32 Å². The first kappa shape index (κ1) is 14.1. The van der Waals surface area contributed by atoms with Crippen LogP contribution < -0.4 is 5.32 Å². The molecule has 0 saturated heterocycles. The van der Waals surface area contributed by atoms with E-state index in [4.69, 9.17) is 0 Å². The van der Waals surface area contributed by atoms with Crippen molar-refractivity contribution in [2.75, 3.05) is 0 Å². The number of nitrogens with one attached hydrogen (secondary N) is 1. The third-order valence-corrected chi connectivity index (χ3v) is 4.49. The molecule has 1 fully saturated rings. The van der Waals surface area contributed by atoms with Crippen LogP contribution in [0.4, 0.5) is 0 Å². The van der Waals surface area contributed by atoms with Gasteiger partial charge < -0.3 is 10.4 Å². The highest BCUT2D eigenvalue weighted by atomic mass is 79.9. The zero-order chi connectivity index (χ0) is 13.8. The molecule has 1 saturated carbocycles. The summed E-state index contributed by atoms with van der Waals surface area (Å²) >= 11 is 3.57. The van der Waals surface area contributed by atoms with Gasteiger partial charge in [-0.25, -0.2) is 4.79 Å². The molecule has 1 aromatic carbocycles. The van der Waals surface area contributed by atoms with E-state index in [1.165, 1.54) is 0 Å². The Bertz CT molecular complexity index is 478. The molecule has 3 atom stereocenters. The monoisotopic (exact) mass is 325 g/mol. The zero-order valence-electron chi connectivity index (χ0n) is 10.4. The van der Waals surface area contributed by atoms with E-state index >= 15 is 0 Å². The van der Waals surface area contributed by atoms with E-state index in [1.54, 1.807) is 12.1 Å². The van der Waals surface area contributed by atoms with Gasteiger partial charge in [-0.3, -0.25) is 4.79 Å². The van der Waals surface area contributed by atoms with Crippen molar-refractivity contribution in [2.45, 2.75) is 36.0 Å². The molecule has 0 aliphatic heterocycles. The van der Waals surface area contributed by atoms with E-state index in [-0.39, 0.29) is 12.0 Å². The minimum atomic E-state index is -0.915. The van der Waals surface area contributed by atoms with Gasteiger partial charge in [-0.05, 0) is 30.9 Å². The number of hydrogen-bond donors (Lipinski definition) is 2. The highest BCUT2D eigenvalue weighted by molar-refractivity contribution is 9.09. The van der Waals surface area contributed by atoms with Crippen LogP contribution in [0.15, 0.2) is 24.3 Å². The van der Waals surface area contributed by atoms with Gasteiger partial charge in [0.05, 0.1) is 5.56 Å². The second kappa shape index (κ2) is 6.19. The standard InChI is InChI=1S/C14H16BrNO3/c15-9-5-6-11(13(7-9)16-8-17)10-3-1-2-4-12(10)14(18)19/h1-4,8-9,11,13H,5-7H2,(H,16,17)(H,18,19)/t9-,11+,13+/m0/s1. The third kappa shape index (κ3) is 3.15. The van der Waals surface area contributed by atoms with Gasteiger partial charge in [-0.2, -0.15) is 0 Å². The minimum Gasteiger partial charge on any atom is -0.478 e. The number of hydrogen-bond acceptors (Lipinski definition) is 2. The van der Waals surface area contributed by atoms with Gasteiger partial charge in [0.15, 0.2) is 0 Å². The lowest BCUT2D eigenvalue weighted by Gasteiger charge is -2.34. The Kier molecular flexibility index (Phi) is 4.58. The van der Waals surface area contributed by atoms with Crippen LogP contribution in [0.2, 0.25) is 0 Å². The Balaban J connectivity index is 2.33. The number of rotatable bonds is 4. The maximum atomic E-state index is 11.3. The van der Waals surface area contributed by atoms with Crippen molar-refractivity contribution in [1.29, 1.82) is 0 Å². The van der Waals surface area contributed by atoms with Crippen LogP contribution >= 0.6 is 15.9 Å². The predicted octanol–water partition coefficient (Wildman–Crippen LogP) is 2.53. The molecule has 0 unspecified atom stereocenters. The summed E-state index contributed by atoms with van der Waals surface area (Å²) in [6.45, 7) is 0. The molecule has 2 rings (SSSR count). The topological polar surface area (TPSA) is 66.4 Å². The number of carboxylic acids is 1. The number of carbonyl (C=O) groups excluding carboxylic acids is 1. The molecule has 5 heteroatoms. The van der Waals surface area contributed by atoms with Crippen LogP contribution in [0.5, 0.6) is 0 Å². The first-order chi connectivity index (χ1) is 9.13. The van der Waals surface area contributed by atoms with Crippen LogP contribution in [-0.2, 0) is 4.79 Å². The summed E-state index contributed by atoms with van der Waals surface area (Å²) in [6.07, 6.45) is 3.37. The molecule has 0 heterocycles. The van der Waals surface area contributed by atoms with Gasteiger partial charge in [0.25, 0.3) is 0 Å². The molecule has 0 spiro atoms. The lowest BCUT2D eigenvalue weighted by atomic mass is 9.78. The third-order valence-electron chi connectivity index (χ3n) is 3.66. The van der Waals surface area contributed by atoms with E-state index in [1.807, 2.05) is 12.1 Å². The van der Waals surface area contributed by atoms with Crippen LogP contribution in [0.25, 0.3) is 0 Å². The summed E-state index contributed by atoms with van der Waals surface area (Å²) in [6, 6.07) is 7.03. The quantitative estimate of drug-likeness (QED) is 0.660. The summed E-state index contributed by atoms with van der Waals surface area (Å²) in [5, 5.41) is 12.1. The Morgan fingerprint density at radius 2 is 2.11 bits per heavy atom. The fraction of sp³-hybridized carbons (Fsp3) is 0.429. The van der Waals surface area contributed by atoms with Crippen molar-refractivity contribution in [3.8, 4) is 0 Å². The lowest BCUT2D eigenvalue weighted by molar-refractivity contribution is -0.110. The number of benzene rings is 1. The second-order valence-corrected chi connectivity index (χ2v) is 6.10. The Labute approximate surface area is 120 Å². The SMILES string of the molecule is O=CN[C@@H]1C[C@@H](Br)CC[C@@H]1c1ccccc1C(=O)O. The van der Waals surface area contributed by atoms with E-state index in [9.17, 15) is 14.7 Å². The van der Waals surface area contributed by atoms with Crippen LogP contribution in [0.1, 0.15) is 41.1 Å². The number of aromatic carboxylic acids is 1. The first-order valence-electron chi connectivity index (χ1n) is 6.29. The number of halogens is 1.